The highest BCUT2D eigenvalue weighted by molar-refractivity contribution is 5.80. The number of aliphatic hydroxyl groups is 1. The molecule has 3 aliphatic rings. The number of aryl methyl sites for hydroxylation is 1. The smallest absolute Gasteiger partial charge is 0.225 e. The number of rotatable bonds is 4. The summed E-state index contributed by atoms with van der Waals surface area (Å²) in [6.07, 6.45) is 5.95. The Morgan fingerprint density at radius 2 is 2.12 bits per heavy atom. The van der Waals surface area contributed by atoms with Crippen molar-refractivity contribution in [1.82, 2.24) is 4.90 Å². The van der Waals surface area contributed by atoms with E-state index in [1.165, 1.54) is 16.7 Å². The lowest BCUT2D eigenvalue weighted by Crippen LogP contribution is -2.49. The Bertz CT molecular complexity index is 699. The molecule has 0 radical (unpaired) electrons. The van der Waals surface area contributed by atoms with Crippen molar-refractivity contribution in [2.45, 2.75) is 56.7 Å². The number of nitrogens with zero attached hydrogens (tertiary/aromatic N) is 1. The van der Waals surface area contributed by atoms with Crippen LogP contribution in [0.2, 0.25) is 0 Å². The number of hydrogen-bond acceptors (Lipinski definition) is 3. The van der Waals surface area contributed by atoms with Gasteiger partial charge in [0.15, 0.2) is 0 Å². The van der Waals surface area contributed by atoms with Crippen molar-refractivity contribution in [3.05, 3.63) is 47.5 Å². The maximum Gasteiger partial charge on any atom is 0.225 e. The molecular formula is C22H29NO3. The minimum Gasteiger partial charge on any atom is -0.393 e. The second kappa shape index (κ2) is 6.82. The van der Waals surface area contributed by atoms with Gasteiger partial charge in [-0.2, -0.15) is 0 Å². The molecule has 1 saturated carbocycles. The van der Waals surface area contributed by atoms with E-state index in [1.54, 1.807) is 0 Å². The first-order valence-electron chi connectivity index (χ1n) is 9.83. The lowest BCUT2D eigenvalue weighted by atomic mass is 9.73. The molecule has 1 aromatic carbocycles. The number of fused-ring (bicyclic) bond motifs is 2. The van der Waals surface area contributed by atoms with E-state index >= 15 is 0 Å². The Kier molecular flexibility index (Phi) is 4.66. The topological polar surface area (TPSA) is 49.8 Å². The average molecular weight is 355 g/mol. The highest BCUT2D eigenvalue weighted by Gasteiger charge is 2.47. The van der Waals surface area contributed by atoms with Crippen LogP contribution in [-0.2, 0) is 14.9 Å². The standard InChI is InChI=1S/C22H29NO3/c1-3-10-26-20-14-22(19-11-15(2)4-5-18(19)20)6-8-23(9-7-22)21(25)16-12-17(24)13-16/h3-5,11,16-17,20,24H,1,6-10,12-14H2,2H3. The van der Waals surface area contributed by atoms with Gasteiger partial charge < -0.3 is 14.7 Å². The van der Waals surface area contributed by atoms with Crippen molar-refractivity contribution in [1.29, 1.82) is 0 Å². The maximum absolute atomic E-state index is 12.6. The van der Waals surface area contributed by atoms with Crippen LogP contribution in [0, 0.1) is 12.8 Å². The van der Waals surface area contributed by atoms with Gasteiger partial charge >= 0.3 is 0 Å². The van der Waals surface area contributed by atoms with Gasteiger partial charge in [-0.05, 0) is 50.2 Å². The number of carbonyl (C=O) groups excluding carboxylic acids is 1. The summed E-state index contributed by atoms with van der Waals surface area (Å²) in [5.74, 6) is 0.285. The predicted octanol–water partition coefficient (Wildman–Crippen LogP) is 3.27. The first-order chi connectivity index (χ1) is 12.5. The second-order valence-corrected chi connectivity index (χ2v) is 8.33. The summed E-state index contributed by atoms with van der Waals surface area (Å²) >= 11 is 0. The Hall–Kier alpha value is -1.65. The van der Waals surface area contributed by atoms with Gasteiger partial charge in [-0.1, -0.05) is 29.8 Å². The van der Waals surface area contributed by atoms with Crippen LogP contribution in [0.15, 0.2) is 30.9 Å². The van der Waals surface area contributed by atoms with E-state index in [-0.39, 0.29) is 29.4 Å². The first-order valence-corrected chi connectivity index (χ1v) is 9.83. The van der Waals surface area contributed by atoms with Crippen LogP contribution < -0.4 is 0 Å². The number of carbonyl (C=O) groups is 1. The molecule has 1 N–H and O–H groups in total. The zero-order chi connectivity index (χ0) is 18.3. The van der Waals surface area contributed by atoms with Gasteiger partial charge in [-0.15, -0.1) is 6.58 Å². The Balaban J connectivity index is 1.50. The maximum atomic E-state index is 12.6. The van der Waals surface area contributed by atoms with Crippen LogP contribution in [0.1, 0.15) is 54.9 Å². The molecule has 4 nitrogen and oxygen atoms in total. The van der Waals surface area contributed by atoms with Crippen molar-refractivity contribution >= 4 is 5.91 Å². The Morgan fingerprint density at radius 1 is 1.38 bits per heavy atom. The average Bonchev–Trinajstić information content (AvgIpc) is 2.90. The Labute approximate surface area is 155 Å². The van der Waals surface area contributed by atoms with Crippen LogP contribution >= 0.6 is 0 Å². The highest BCUT2D eigenvalue weighted by Crippen LogP contribution is 2.52. The lowest BCUT2D eigenvalue weighted by molar-refractivity contribution is -0.144. The van der Waals surface area contributed by atoms with Crippen molar-refractivity contribution in [2.75, 3.05) is 19.7 Å². The van der Waals surface area contributed by atoms with Crippen LogP contribution in [0.3, 0.4) is 0 Å². The van der Waals surface area contributed by atoms with Gasteiger partial charge in [0.1, 0.15) is 0 Å². The van der Waals surface area contributed by atoms with Crippen molar-refractivity contribution in [2.24, 2.45) is 5.92 Å². The third-order valence-corrected chi connectivity index (χ3v) is 6.61. The van der Waals surface area contributed by atoms with Crippen LogP contribution in [-0.4, -0.2) is 41.7 Å². The van der Waals surface area contributed by atoms with Crippen molar-refractivity contribution < 1.29 is 14.6 Å². The van der Waals surface area contributed by atoms with E-state index in [0.717, 1.165) is 32.4 Å². The van der Waals surface area contributed by atoms with E-state index in [9.17, 15) is 9.90 Å². The number of amides is 1. The molecule has 0 aromatic heterocycles. The van der Waals surface area contributed by atoms with Gasteiger partial charge in [0.25, 0.3) is 0 Å². The number of aliphatic hydroxyl groups excluding tert-OH is 1. The van der Waals surface area contributed by atoms with Gasteiger partial charge in [-0.3, -0.25) is 4.79 Å². The van der Waals surface area contributed by atoms with E-state index in [0.29, 0.717) is 19.4 Å². The lowest BCUT2D eigenvalue weighted by Gasteiger charge is -2.43. The van der Waals surface area contributed by atoms with Gasteiger partial charge in [0.05, 0.1) is 18.8 Å². The molecular weight excluding hydrogens is 326 g/mol. The molecule has 1 spiro atoms. The third kappa shape index (κ3) is 2.99. The summed E-state index contributed by atoms with van der Waals surface area (Å²) in [5.41, 5.74) is 4.16. The summed E-state index contributed by atoms with van der Waals surface area (Å²) in [6.45, 7) is 8.12. The fourth-order valence-electron chi connectivity index (χ4n) is 4.99. The first kappa shape index (κ1) is 17.7. The molecule has 1 aliphatic heterocycles. The van der Waals surface area contributed by atoms with Crippen LogP contribution in [0.5, 0.6) is 0 Å². The number of piperidine rings is 1. The van der Waals surface area contributed by atoms with E-state index in [1.807, 2.05) is 11.0 Å². The molecule has 1 atom stereocenters. The number of benzene rings is 1. The summed E-state index contributed by atoms with van der Waals surface area (Å²) in [4.78, 5) is 14.6. The minimum atomic E-state index is -0.271. The molecule has 4 rings (SSSR count). The minimum absolute atomic E-state index is 0.0424. The molecule has 4 heteroatoms. The molecule has 26 heavy (non-hydrogen) atoms. The normalized spacial score (nSPS) is 29.3. The molecule has 1 amide bonds. The van der Waals surface area contributed by atoms with E-state index < -0.39 is 0 Å². The SMILES string of the molecule is C=CCOC1CC2(CCN(C(=O)C3CC(O)C3)CC2)c2cc(C)ccc21. The third-order valence-electron chi connectivity index (χ3n) is 6.61. The molecule has 1 unspecified atom stereocenters. The van der Waals surface area contributed by atoms with E-state index in [2.05, 4.69) is 31.7 Å². The van der Waals surface area contributed by atoms with Crippen LogP contribution in [0.4, 0.5) is 0 Å². The number of ether oxygens (including phenoxy) is 1. The zero-order valence-electron chi connectivity index (χ0n) is 15.6. The van der Waals surface area contributed by atoms with Crippen molar-refractivity contribution in [3.63, 3.8) is 0 Å². The number of likely N-dealkylation sites (tertiary alicyclic amines) is 1. The molecule has 1 heterocycles. The van der Waals surface area contributed by atoms with Crippen LogP contribution in [0.25, 0.3) is 0 Å². The molecule has 140 valence electrons. The summed E-state index contributed by atoms with van der Waals surface area (Å²) < 4.78 is 6.07. The van der Waals surface area contributed by atoms with Crippen molar-refractivity contribution in [3.8, 4) is 0 Å². The summed E-state index contributed by atoms with van der Waals surface area (Å²) in [5, 5.41) is 9.48. The molecule has 0 bridgehead atoms. The largest absolute Gasteiger partial charge is 0.393 e. The van der Waals surface area contributed by atoms with Gasteiger partial charge in [-0.25, -0.2) is 0 Å². The highest BCUT2D eigenvalue weighted by atomic mass is 16.5. The zero-order valence-corrected chi connectivity index (χ0v) is 15.6. The molecule has 2 aliphatic carbocycles. The van der Waals surface area contributed by atoms with Gasteiger partial charge in [0, 0.05) is 24.4 Å². The predicted molar refractivity (Wildman–Crippen MR) is 101 cm³/mol. The Morgan fingerprint density at radius 3 is 2.77 bits per heavy atom. The molecule has 1 aromatic rings. The fraction of sp³-hybridized carbons (Fsp3) is 0.591. The second-order valence-electron chi connectivity index (χ2n) is 8.33. The quantitative estimate of drug-likeness (QED) is 0.844. The fourth-order valence-corrected chi connectivity index (χ4v) is 4.99. The molecule has 1 saturated heterocycles. The number of hydrogen-bond donors (Lipinski definition) is 1. The molecule has 2 fully saturated rings. The van der Waals surface area contributed by atoms with E-state index in [4.69, 9.17) is 4.74 Å². The van der Waals surface area contributed by atoms with Gasteiger partial charge in [0.2, 0.25) is 5.91 Å². The summed E-state index contributed by atoms with van der Waals surface area (Å²) in [7, 11) is 0. The monoisotopic (exact) mass is 355 g/mol. The summed E-state index contributed by atoms with van der Waals surface area (Å²) in [6, 6.07) is 6.72.